The van der Waals surface area contributed by atoms with E-state index in [0.29, 0.717) is 25.9 Å². The third kappa shape index (κ3) is 63.4. The van der Waals surface area contributed by atoms with Gasteiger partial charge in [-0.2, -0.15) is 0 Å². The first-order chi connectivity index (χ1) is 38.0. The van der Waals surface area contributed by atoms with Crippen LogP contribution in [0.5, 0.6) is 0 Å². The number of esters is 1. The minimum Gasteiger partial charge on any atom is -0.466 e. The van der Waals surface area contributed by atoms with Crippen molar-refractivity contribution in [3.05, 3.63) is 24.3 Å². The summed E-state index contributed by atoms with van der Waals surface area (Å²) in [5.74, 6) is -0.0154. The van der Waals surface area contributed by atoms with Crippen LogP contribution in [0.25, 0.3) is 0 Å². The lowest BCUT2D eigenvalue weighted by molar-refractivity contribution is -0.143. The molecule has 0 heterocycles. The summed E-state index contributed by atoms with van der Waals surface area (Å²) in [6, 6.07) is -0.540. The van der Waals surface area contributed by atoms with Crippen LogP contribution in [0.4, 0.5) is 0 Å². The Morgan fingerprint density at radius 3 is 0.987 bits per heavy atom. The summed E-state index contributed by atoms with van der Waals surface area (Å²) >= 11 is 0. The Labute approximate surface area is 481 Å². The number of hydrogen-bond acceptors (Lipinski definition) is 5. The van der Waals surface area contributed by atoms with Crippen LogP contribution < -0.4 is 5.32 Å². The first-order valence-corrected chi connectivity index (χ1v) is 35.1. The highest BCUT2D eigenvalue weighted by Crippen LogP contribution is 2.19. The Kier molecular flexibility index (Phi) is 65.4. The predicted molar refractivity (Wildman–Crippen MR) is 338 cm³/mol. The van der Waals surface area contributed by atoms with E-state index in [4.69, 9.17) is 4.74 Å². The van der Waals surface area contributed by atoms with Crippen LogP contribution in [-0.2, 0) is 14.3 Å². The lowest BCUT2D eigenvalue weighted by Crippen LogP contribution is -2.45. The molecule has 0 aromatic rings. The van der Waals surface area contributed by atoms with Crippen molar-refractivity contribution in [3.63, 3.8) is 0 Å². The van der Waals surface area contributed by atoms with E-state index in [9.17, 15) is 19.8 Å². The Balaban J connectivity index is 3.37. The molecule has 77 heavy (non-hydrogen) atoms. The second-order valence-corrected chi connectivity index (χ2v) is 24.2. The zero-order chi connectivity index (χ0) is 55.7. The molecule has 6 nitrogen and oxygen atoms in total. The molecule has 2 atom stereocenters. The number of ether oxygens (including phenoxy) is 1. The zero-order valence-corrected chi connectivity index (χ0v) is 52.2. The third-order valence-corrected chi connectivity index (χ3v) is 16.5. The summed E-state index contributed by atoms with van der Waals surface area (Å²) in [5, 5.41) is 23.3. The van der Waals surface area contributed by atoms with Crippen LogP contribution in [0.1, 0.15) is 393 Å². The normalized spacial score (nSPS) is 12.6. The number of aliphatic hydroxyl groups is 2. The molecule has 0 aromatic carbocycles. The van der Waals surface area contributed by atoms with E-state index in [1.165, 1.54) is 315 Å². The fourth-order valence-corrected chi connectivity index (χ4v) is 11.1. The van der Waals surface area contributed by atoms with Crippen molar-refractivity contribution in [1.29, 1.82) is 0 Å². The van der Waals surface area contributed by atoms with E-state index >= 15 is 0 Å². The molecule has 0 saturated carbocycles. The minimum absolute atomic E-state index is 0.0144. The van der Waals surface area contributed by atoms with Crippen LogP contribution in [0.2, 0.25) is 0 Å². The van der Waals surface area contributed by atoms with Gasteiger partial charge in [0.05, 0.1) is 25.4 Å². The van der Waals surface area contributed by atoms with Crippen molar-refractivity contribution in [2.45, 2.75) is 405 Å². The molecular formula is C71H137NO5. The largest absolute Gasteiger partial charge is 0.466 e. The average molecular weight is 1080 g/mol. The number of carbonyl (C=O) groups is 2. The molecule has 0 aliphatic carbocycles. The fourth-order valence-electron chi connectivity index (χ4n) is 11.1. The third-order valence-electron chi connectivity index (χ3n) is 16.5. The number of carbonyl (C=O) groups excluding carboxylic acids is 2. The molecule has 6 heteroatoms. The SMILES string of the molecule is CCCCCCCCCCCCCCCCCCC(O)C(CO)NC(=O)CCCCCCCCCCCCCCCCCCC/C=C\C/C=C\CCCCCCCCCCCOC(=O)CCCCCCCCCCCCC. The van der Waals surface area contributed by atoms with Crippen LogP contribution in [-0.4, -0.2) is 47.4 Å². The standard InChI is InChI=1S/C71H137NO5/c1-3-5-7-9-11-13-15-16-17-37-40-44-47-51-55-59-63-69(74)68(67-73)72-70(75)64-60-56-52-48-45-41-38-35-33-31-29-27-25-23-21-19-18-20-22-24-26-28-30-32-34-36-39-42-46-50-54-58-62-66-77-71(76)65-61-57-53-49-43-14-12-10-8-6-4-2/h22,24,28,30,68-69,73-74H,3-21,23,25-27,29,31-67H2,1-2H3,(H,72,75)/b24-22-,30-28-. The van der Waals surface area contributed by atoms with Crippen LogP contribution in [0.15, 0.2) is 24.3 Å². The summed E-state index contributed by atoms with van der Waals surface area (Å²) in [4.78, 5) is 24.5. The van der Waals surface area contributed by atoms with Gasteiger partial charge in [0.25, 0.3) is 0 Å². The zero-order valence-electron chi connectivity index (χ0n) is 52.2. The molecule has 0 radical (unpaired) electrons. The van der Waals surface area contributed by atoms with Gasteiger partial charge in [-0.15, -0.1) is 0 Å². The molecule has 0 spiro atoms. The van der Waals surface area contributed by atoms with E-state index in [2.05, 4.69) is 43.5 Å². The van der Waals surface area contributed by atoms with E-state index in [0.717, 1.165) is 44.9 Å². The molecule has 0 aromatic heterocycles. The molecule has 0 fully saturated rings. The lowest BCUT2D eigenvalue weighted by Gasteiger charge is -2.22. The number of unbranched alkanes of at least 4 members (excludes halogenated alkanes) is 51. The van der Waals surface area contributed by atoms with Gasteiger partial charge in [0.2, 0.25) is 5.91 Å². The van der Waals surface area contributed by atoms with Crippen LogP contribution in [0, 0.1) is 0 Å². The van der Waals surface area contributed by atoms with Crippen molar-refractivity contribution in [2.75, 3.05) is 13.2 Å². The van der Waals surface area contributed by atoms with Gasteiger partial charge in [-0.3, -0.25) is 9.59 Å². The van der Waals surface area contributed by atoms with Gasteiger partial charge < -0.3 is 20.3 Å². The number of hydrogen-bond donors (Lipinski definition) is 3. The molecule has 0 bridgehead atoms. The smallest absolute Gasteiger partial charge is 0.305 e. The van der Waals surface area contributed by atoms with E-state index in [1.807, 2.05) is 0 Å². The van der Waals surface area contributed by atoms with Gasteiger partial charge in [-0.25, -0.2) is 0 Å². The second kappa shape index (κ2) is 66.8. The van der Waals surface area contributed by atoms with Gasteiger partial charge in [0, 0.05) is 12.8 Å². The van der Waals surface area contributed by atoms with Crippen molar-refractivity contribution in [1.82, 2.24) is 5.32 Å². The molecular weight excluding hydrogens is 947 g/mol. The molecule has 456 valence electrons. The topological polar surface area (TPSA) is 95.9 Å². The predicted octanol–water partition coefficient (Wildman–Crippen LogP) is 22.5. The summed E-state index contributed by atoms with van der Waals surface area (Å²) in [5.41, 5.74) is 0. The maximum absolute atomic E-state index is 12.5. The first-order valence-electron chi connectivity index (χ1n) is 35.1. The number of aliphatic hydroxyl groups excluding tert-OH is 2. The summed E-state index contributed by atoms with van der Waals surface area (Å²) in [6.45, 7) is 4.98. The summed E-state index contributed by atoms with van der Waals surface area (Å²) in [7, 11) is 0. The Morgan fingerprint density at radius 2 is 0.649 bits per heavy atom. The van der Waals surface area contributed by atoms with Crippen molar-refractivity contribution in [2.24, 2.45) is 0 Å². The Morgan fingerprint density at radius 1 is 0.364 bits per heavy atom. The van der Waals surface area contributed by atoms with Gasteiger partial charge >= 0.3 is 5.97 Å². The Bertz CT molecular complexity index is 1200. The van der Waals surface area contributed by atoms with Crippen molar-refractivity contribution >= 4 is 11.9 Å². The van der Waals surface area contributed by atoms with Gasteiger partial charge in [-0.05, 0) is 57.8 Å². The molecule has 3 N–H and O–H groups in total. The average Bonchev–Trinajstić information content (AvgIpc) is 3.43. The fraction of sp³-hybridized carbons (Fsp3) is 0.915. The van der Waals surface area contributed by atoms with Gasteiger partial charge in [-0.1, -0.05) is 346 Å². The summed E-state index contributed by atoms with van der Waals surface area (Å²) in [6.07, 6.45) is 83.7. The minimum atomic E-state index is -0.663. The van der Waals surface area contributed by atoms with Crippen molar-refractivity contribution < 1.29 is 24.5 Å². The highest BCUT2D eigenvalue weighted by molar-refractivity contribution is 5.76. The number of rotatable bonds is 66. The van der Waals surface area contributed by atoms with Crippen LogP contribution >= 0.6 is 0 Å². The molecule has 0 aliphatic heterocycles. The number of amides is 1. The highest BCUT2D eigenvalue weighted by atomic mass is 16.5. The van der Waals surface area contributed by atoms with E-state index in [-0.39, 0.29) is 18.5 Å². The Hall–Kier alpha value is -1.66. The second-order valence-electron chi connectivity index (χ2n) is 24.2. The number of nitrogens with one attached hydrogen (secondary N) is 1. The summed E-state index contributed by atoms with van der Waals surface area (Å²) < 4.78 is 5.47. The van der Waals surface area contributed by atoms with E-state index < -0.39 is 12.1 Å². The lowest BCUT2D eigenvalue weighted by atomic mass is 10.0. The molecule has 2 unspecified atom stereocenters. The van der Waals surface area contributed by atoms with Crippen molar-refractivity contribution in [3.8, 4) is 0 Å². The quantitative estimate of drug-likeness (QED) is 0.0320. The first kappa shape index (κ1) is 75.3. The van der Waals surface area contributed by atoms with Crippen LogP contribution in [0.3, 0.4) is 0 Å². The van der Waals surface area contributed by atoms with Gasteiger partial charge in [0.15, 0.2) is 0 Å². The van der Waals surface area contributed by atoms with E-state index in [1.54, 1.807) is 0 Å². The molecule has 1 amide bonds. The molecule has 0 aliphatic rings. The maximum atomic E-state index is 12.5. The maximum Gasteiger partial charge on any atom is 0.305 e. The molecule has 0 rings (SSSR count). The number of allylic oxidation sites excluding steroid dienone is 4. The highest BCUT2D eigenvalue weighted by Gasteiger charge is 2.20. The monoisotopic (exact) mass is 1080 g/mol. The molecule has 0 saturated heterocycles. The van der Waals surface area contributed by atoms with Gasteiger partial charge in [0.1, 0.15) is 0 Å².